The van der Waals surface area contributed by atoms with Gasteiger partial charge < -0.3 is 11.5 Å². The topological polar surface area (TPSA) is 113 Å². The van der Waals surface area contributed by atoms with Gasteiger partial charge in [0, 0.05) is 26.4 Å². The number of nitrogens with one attached hydrogen (secondary N) is 2. The van der Waals surface area contributed by atoms with Gasteiger partial charge in [-0.15, -0.1) is 35.1 Å². The fraction of sp³-hybridized carbons (Fsp3) is 0. The molecule has 5 nitrogen and oxygen atoms in total. The van der Waals surface area contributed by atoms with Crippen LogP contribution in [0.1, 0.15) is 10.6 Å². The van der Waals surface area contributed by atoms with Crippen LogP contribution in [-0.4, -0.2) is 16.7 Å². The Bertz CT molecular complexity index is 851. The van der Waals surface area contributed by atoms with Crippen LogP contribution in [0.2, 0.25) is 0 Å². The van der Waals surface area contributed by atoms with Crippen LogP contribution in [0.4, 0.5) is 0 Å². The lowest BCUT2D eigenvalue weighted by molar-refractivity contribution is 1.26. The standard InChI is InChI=1S/C15H13N5S2.ClH/c16-14(17)9-2-1-8(7-20-9)10-3-4-11(21-10)12-5-6-13(22-12)15(18)19;/h1-7H,(H3,16,17)(H3,18,19);1H. The molecule has 0 saturated heterocycles. The van der Waals surface area contributed by atoms with E-state index in [1.165, 1.54) is 11.3 Å². The molecule has 0 saturated carbocycles. The summed E-state index contributed by atoms with van der Waals surface area (Å²) in [6, 6.07) is 11.6. The van der Waals surface area contributed by atoms with E-state index in [9.17, 15) is 0 Å². The minimum absolute atomic E-state index is 0. The van der Waals surface area contributed by atoms with Gasteiger partial charge in [-0.1, -0.05) is 0 Å². The second kappa shape index (κ2) is 6.91. The number of hydrogen-bond donors (Lipinski definition) is 4. The van der Waals surface area contributed by atoms with E-state index in [1.807, 2.05) is 24.3 Å². The maximum Gasteiger partial charge on any atom is 0.141 e. The largest absolute Gasteiger partial charge is 0.383 e. The van der Waals surface area contributed by atoms with Crippen LogP contribution in [0.3, 0.4) is 0 Å². The number of nitrogens with two attached hydrogens (primary N) is 2. The average molecular weight is 364 g/mol. The summed E-state index contributed by atoms with van der Waals surface area (Å²) in [6.45, 7) is 0. The summed E-state index contributed by atoms with van der Waals surface area (Å²) in [6.07, 6.45) is 1.72. The molecular formula is C15H14ClN5S2. The van der Waals surface area contributed by atoms with Gasteiger partial charge in [-0.2, -0.15) is 0 Å². The van der Waals surface area contributed by atoms with Crippen molar-refractivity contribution in [3.63, 3.8) is 0 Å². The lowest BCUT2D eigenvalue weighted by Gasteiger charge is -1.99. The minimum atomic E-state index is -0.0335. The third kappa shape index (κ3) is 3.58. The predicted molar refractivity (Wildman–Crippen MR) is 100 cm³/mol. The second-order valence-corrected chi connectivity index (χ2v) is 6.75. The van der Waals surface area contributed by atoms with Gasteiger partial charge in [-0.05, 0) is 36.4 Å². The summed E-state index contributed by atoms with van der Waals surface area (Å²) in [4.78, 5) is 8.27. The Hall–Kier alpha value is -2.22. The lowest BCUT2D eigenvalue weighted by Crippen LogP contribution is -2.12. The minimum Gasteiger partial charge on any atom is -0.383 e. The van der Waals surface area contributed by atoms with E-state index in [-0.39, 0.29) is 24.1 Å². The number of rotatable bonds is 4. The molecule has 3 heterocycles. The smallest absolute Gasteiger partial charge is 0.141 e. The first-order valence-electron chi connectivity index (χ1n) is 6.40. The highest BCUT2D eigenvalue weighted by Gasteiger charge is 2.09. The molecule has 3 aromatic rings. The van der Waals surface area contributed by atoms with Crippen molar-refractivity contribution < 1.29 is 0 Å². The summed E-state index contributed by atoms with van der Waals surface area (Å²) >= 11 is 3.16. The molecule has 23 heavy (non-hydrogen) atoms. The number of amidine groups is 2. The van der Waals surface area contributed by atoms with E-state index in [4.69, 9.17) is 22.3 Å². The van der Waals surface area contributed by atoms with Gasteiger partial charge >= 0.3 is 0 Å². The van der Waals surface area contributed by atoms with Crippen molar-refractivity contribution in [2.45, 2.75) is 0 Å². The van der Waals surface area contributed by atoms with Gasteiger partial charge in [0.1, 0.15) is 17.4 Å². The molecule has 0 aliphatic rings. The Labute approximate surface area is 147 Å². The summed E-state index contributed by atoms with van der Waals surface area (Å²) in [5.74, 6) is 0.0609. The number of hydrogen-bond acceptors (Lipinski definition) is 5. The Morgan fingerprint density at radius 2 is 1.48 bits per heavy atom. The van der Waals surface area contributed by atoms with Crippen molar-refractivity contribution in [2.24, 2.45) is 11.5 Å². The fourth-order valence-corrected chi connectivity index (χ4v) is 3.89. The zero-order chi connectivity index (χ0) is 15.7. The molecule has 0 atom stereocenters. The van der Waals surface area contributed by atoms with E-state index < -0.39 is 0 Å². The monoisotopic (exact) mass is 363 g/mol. The molecule has 0 spiro atoms. The molecule has 3 aromatic heterocycles. The zero-order valence-electron chi connectivity index (χ0n) is 11.9. The van der Waals surface area contributed by atoms with Gasteiger partial charge in [0.05, 0.1) is 4.88 Å². The van der Waals surface area contributed by atoms with Crippen LogP contribution in [0, 0.1) is 10.8 Å². The zero-order valence-corrected chi connectivity index (χ0v) is 14.3. The van der Waals surface area contributed by atoms with Crippen molar-refractivity contribution in [3.05, 3.63) is 53.2 Å². The van der Waals surface area contributed by atoms with Crippen LogP contribution in [0.25, 0.3) is 20.2 Å². The molecule has 0 aliphatic carbocycles. The first kappa shape index (κ1) is 17.1. The summed E-state index contributed by atoms with van der Waals surface area (Å²) < 4.78 is 0. The van der Waals surface area contributed by atoms with Gasteiger partial charge in [-0.25, -0.2) is 0 Å². The maximum atomic E-state index is 7.46. The molecule has 0 bridgehead atoms. The number of pyridine rings is 1. The molecule has 6 N–H and O–H groups in total. The molecule has 0 radical (unpaired) electrons. The molecule has 0 amide bonds. The molecule has 0 aliphatic heterocycles. The normalized spacial score (nSPS) is 10.1. The number of aromatic nitrogens is 1. The van der Waals surface area contributed by atoms with Gasteiger partial charge in [0.25, 0.3) is 0 Å². The molecule has 0 fully saturated rings. The highest BCUT2D eigenvalue weighted by molar-refractivity contribution is 7.24. The average Bonchev–Trinajstić information content (AvgIpc) is 3.16. The quantitative estimate of drug-likeness (QED) is 0.420. The van der Waals surface area contributed by atoms with Gasteiger partial charge in [-0.3, -0.25) is 15.8 Å². The Balaban J connectivity index is 0.00000192. The van der Waals surface area contributed by atoms with E-state index in [0.29, 0.717) is 5.69 Å². The van der Waals surface area contributed by atoms with E-state index in [0.717, 1.165) is 25.1 Å². The van der Waals surface area contributed by atoms with E-state index in [2.05, 4.69) is 11.1 Å². The van der Waals surface area contributed by atoms with Crippen molar-refractivity contribution in [1.82, 2.24) is 4.98 Å². The molecule has 0 unspecified atom stereocenters. The highest BCUT2D eigenvalue weighted by atomic mass is 35.5. The fourth-order valence-electron chi connectivity index (χ4n) is 1.94. The molecule has 0 aromatic carbocycles. The number of thiophene rings is 2. The second-order valence-electron chi connectivity index (χ2n) is 4.59. The molecule has 118 valence electrons. The van der Waals surface area contributed by atoms with Crippen LogP contribution >= 0.6 is 35.1 Å². The maximum absolute atomic E-state index is 7.46. The third-order valence-corrected chi connectivity index (χ3v) is 5.49. The van der Waals surface area contributed by atoms with Gasteiger partial charge in [0.15, 0.2) is 0 Å². The summed E-state index contributed by atoms with van der Waals surface area (Å²) in [5, 5.41) is 14.8. The summed E-state index contributed by atoms with van der Waals surface area (Å²) in [7, 11) is 0. The van der Waals surface area contributed by atoms with E-state index in [1.54, 1.807) is 23.6 Å². The first-order valence-corrected chi connectivity index (χ1v) is 8.03. The number of nitrogens with zero attached hydrogens (tertiary/aromatic N) is 1. The van der Waals surface area contributed by atoms with Crippen LogP contribution in [0.5, 0.6) is 0 Å². The third-order valence-electron chi connectivity index (χ3n) is 3.04. The number of nitrogen functional groups attached to an aromatic ring is 2. The first-order chi connectivity index (χ1) is 10.5. The van der Waals surface area contributed by atoms with Gasteiger partial charge in [0.2, 0.25) is 0 Å². The molecule has 8 heteroatoms. The van der Waals surface area contributed by atoms with Crippen molar-refractivity contribution >= 4 is 46.8 Å². The van der Waals surface area contributed by atoms with Crippen LogP contribution in [-0.2, 0) is 0 Å². The van der Waals surface area contributed by atoms with Crippen molar-refractivity contribution in [1.29, 1.82) is 10.8 Å². The summed E-state index contributed by atoms with van der Waals surface area (Å²) in [5.41, 5.74) is 12.4. The Morgan fingerprint density at radius 1 is 0.826 bits per heavy atom. The predicted octanol–water partition coefficient (Wildman–Crippen LogP) is 3.53. The van der Waals surface area contributed by atoms with E-state index >= 15 is 0 Å². The van der Waals surface area contributed by atoms with Crippen LogP contribution < -0.4 is 11.5 Å². The molecule has 3 rings (SSSR count). The number of halogens is 1. The van der Waals surface area contributed by atoms with Crippen molar-refractivity contribution in [2.75, 3.05) is 0 Å². The van der Waals surface area contributed by atoms with Crippen molar-refractivity contribution in [3.8, 4) is 20.2 Å². The SMILES string of the molecule is Cl.N=C(N)c1ccc(-c2ccc(-c3ccc(C(=N)N)s3)s2)cn1. The Morgan fingerprint density at radius 3 is 2.04 bits per heavy atom. The lowest BCUT2D eigenvalue weighted by atomic mass is 10.2. The molecular weight excluding hydrogens is 350 g/mol. The van der Waals surface area contributed by atoms with Crippen LogP contribution in [0.15, 0.2) is 42.6 Å². The Kier molecular flexibility index (Phi) is 5.15. The highest BCUT2D eigenvalue weighted by Crippen LogP contribution is 2.37.